The second kappa shape index (κ2) is 7.72. The Morgan fingerprint density at radius 3 is 2.68 bits per heavy atom. The number of aromatic nitrogens is 3. The summed E-state index contributed by atoms with van der Waals surface area (Å²) < 4.78 is 27.8. The van der Waals surface area contributed by atoms with Crippen LogP contribution in [-0.4, -0.2) is 21.4 Å². The average molecular weight is 342 g/mol. The van der Waals surface area contributed by atoms with Crippen LogP contribution in [0.15, 0.2) is 36.4 Å². The normalized spacial score (nSPS) is 12.8. The van der Waals surface area contributed by atoms with Crippen LogP contribution in [0.5, 0.6) is 0 Å². The van der Waals surface area contributed by atoms with E-state index < -0.39 is 6.17 Å². The van der Waals surface area contributed by atoms with Gasteiger partial charge in [0.2, 0.25) is 0 Å². The third kappa shape index (κ3) is 4.41. The van der Waals surface area contributed by atoms with Gasteiger partial charge in [0.1, 0.15) is 12.0 Å². The summed E-state index contributed by atoms with van der Waals surface area (Å²) in [5.41, 5.74) is 2.52. The highest BCUT2D eigenvalue weighted by Crippen LogP contribution is 2.25. The lowest BCUT2D eigenvalue weighted by molar-refractivity contribution is 0.292. The summed E-state index contributed by atoms with van der Waals surface area (Å²) in [6, 6.07) is 10.3. The van der Waals surface area contributed by atoms with Gasteiger partial charge in [-0.05, 0) is 55.9 Å². The van der Waals surface area contributed by atoms with Gasteiger partial charge in [-0.25, -0.2) is 8.78 Å². The van der Waals surface area contributed by atoms with E-state index in [1.54, 1.807) is 18.2 Å². The SMILES string of the molecule is C[C](C)CCC(F)CCc1cc2cc(-c3ccccc3F)[nH]c2nn1. The number of aryl methyl sites for hydroxylation is 1. The van der Waals surface area contributed by atoms with E-state index in [1.807, 2.05) is 26.0 Å². The van der Waals surface area contributed by atoms with E-state index in [1.165, 1.54) is 12.0 Å². The van der Waals surface area contributed by atoms with Crippen molar-refractivity contribution in [2.75, 3.05) is 0 Å². The maximum absolute atomic E-state index is 13.9. The Hall–Kier alpha value is -2.30. The van der Waals surface area contributed by atoms with Crippen molar-refractivity contribution in [2.45, 2.75) is 45.7 Å². The number of nitrogens with zero attached hydrogens (tertiary/aromatic N) is 2. The first-order valence-corrected chi connectivity index (χ1v) is 8.56. The Labute approximate surface area is 146 Å². The van der Waals surface area contributed by atoms with Gasteiger partial charge in [-0.3, -0.25) is 0 Å². The molecule has 3 rings (SSSR count). The molecule has 3 nitrogen and oxygen atoms in total. The highest BCUT2D eigenvalue weighted by molar-refractivity contribution is 5.82. The molecular weight excluding hydrogens is 320 g/mol. The lowest BCUT2D eigenvalue weighted by Gasteiger charge is -2.09. The maximum atomic E-state index is 13.9. The standard InChI is InChI=1S/C20H22F2N3/c1-13(2)7-8-15(21)9-10-16-11-14-12-19(23-20(14)25-24-16)17-5-3-4-6-18(17)22/h3-6,11-12,15H,7-10H2,1-2H3,(H,23,25). The molecule has 0 bridgehead atoms. The van der Waals surface area contributed by atoms with Crippen molar-refractivity contribution in [2.24, 2.45) is 0 Å². The average Bonchev–Trinajstić information content (AvgIpc) is 3.01. The molecule has 0 saturated heterocycles. The second-order valence-corrected chi connectivity index (χ2v) is 6.68. The van der Waals surface area contributed by atoms with Crippen LogP contribution in [0.1, 0.15) is 38.8 Å². The minimum Gasteiger partial charge on any atom is -0.338 e. The Bertz CT molecular complexity index is 842. The summed E-state index contributed by atoms with van der Waals surface area (Å²) in [7, 11) is 0. The smallest absolute Gasteiger partial charge is 0.160 e. The van der Waals surface area contributed by atoms with Gasteiger partial charge >= 0.3 is 0 Å². The lowest BCUT2D eigenvalue weighted by Crippen LogP contribution is -2.05. The largest absolute Gasteiger partial charge is 0.338 e. The summed E-state index contributed by atoms with van der Waals surface area (Å²) in [6.07, 6.45) is 1.54. The third-order valence-electron chi connectivity index (χ3n) is 4.26. The number of halogens is 2. The third-order valence-corrected chi connectivity index (χ3v) is 4.26. The van der Waals surface area contributed by atoms with Gasteiger partial charge in [0.15, 0.2) is 5.65 Å². The first-order chi connectivity index (χ1) is 12.0. The quantitative estimate of drug-likeness (QED) is 0.622. The predicted octanol–water partition coefficient (Wildman–Crippen LogP) is 5.43. The highest BCUT2D eigenvalue weighted by atomic mass is 19.1. The molecule has 0 amide bonds. The molecule has 2 aromatic heterocycles. The molecule has 1 atom stereocenters. The van der Waals surface area contributed by atoms with E-state index in [-0.39, 0.29) is 5.82 Å². The van der Waals surface area contributed by atoms with Gasteiger partial charge in [0.05, 0.1) is 11.4 Å². The van der Waals surface area contributed by atoms with Gasteiger partial charge in [-0.1, -0.05) is 26.0 Å². The van der Waals surface area contributed by atoms with Gasteiger partial charge < -0.3 is 4.98 Å². The Morgan fingerprint density at radius 2 is 1.92 bits per heavy atom. The lowest BCUT2D eigenvalue weighted by atomic mass is 10.0. The van der Waals surface area contributed by atoms with Crippen LogP contribution in [0.2, 0.25) is 0 Å². The molecule has 1 N–H and O–H groups in total. The minimum atomic E-state index is -0.826. The molecule has 1 unspecified atom stereocenters. The minimum absolute atomic E-state index is 0.287. The fourth-order valence-corrected chi connectivity index (χ4v) is 2.82. The molecule has 0 aliphatic carbocycles. The molecular formula is C20H22F2N3. The second-order valence-electron chi connectivity index (χ2n) is 6.68. The number of alkyl halides is 1. The first kappa shape index (κ1) is 17.5. The van der Waals surface area contributed by atoms with Gasteiger partial charge in [-0.15, -0.1) is 5.10 Å². The van der Waals surface area contributed by atoms with E-state index >= 15 is 0 Å². The van der Waals surface area contributed by atoms with E-state index in [4.69, 9.17) is 0 Å². The van der Waals surface area contributed by atoms with E-state index in [2.05, 4.69) is 15.2 Å². The molecule has 0 fully saturated rings. The number of benzene rings is 1. The molecule has 131 valence electrons. The van der Waals surface area contributed by atoms with E-state index in [0.717, 1.165) is 17.5 Å². The van der Waals surface area contributed by atoms with Crippen LogP contribution in [-0.2, 0) is 6.42 Å². The van der Waals surface area contributed by atoms with Crippen LogP contribution in [0, 0.1) is 11.7 Å². The van der Waals surface area contributed by atoms with Crippen LogP contribution < -0.4 is 0 Å². The summed E-state index contributed by atoms with van der Waals surface area (Å²) >= 11 is 0. The van der Waals surface area contributed by atoms with Crippen molar-refractivity contribution >= 4 is 11.0 Å². The van der Waals surface area contributed by atoms with Crippen LogP contribution in [0.3, 0.4) is 0 Å². The fraction of sp³-hybridized carbons (Fsp3) is 0.350. The zero-order valence-electron chi connectivity index (χ0n) is 14.5. The van der Waals surface area contributed by atoms with Crippen molar-refractivity contribution in [1.82, 2.24) is 15.2 Å². The summed E-state index contributed by atoms with van der Waals surface area (Å²) in [5, 5.41) is 9.17. The van der Waals surface area contributed by atoms with Crippen molar-refractivity contribution < 1.29 is 8.78 Å². The number of aromatic amines is 1. The fourth-order valence-electron chi connectivity index (χ4n) is 2.82. The number of rotatable bonds is 7. The van der Waals surface area contributed by atoms with Crippen LogP contribution in [0.25, 0.3) is 22.3 Å². The van der Waals surface area contributed by atoms with Crippen molar-refractivity contribution in [3.8, 4) is 11.3 Å². The monoisotopic (exact) mass is 342 g/mol. The predicted molar refractivity (Wildman–Crippen MR) is 96.3 cm³/mol. The van der Waals surface area contributed by atoms with Crippen molar-refractivity contribution in [3.05, 3.63) is 53.8 Å². The molecule has 3 aromatic rings. The van der Waals surface area contributed by atoms with Crippen molar-refractivity contribution in [1.29, 1.82) is 0 Å². The molecule has 1 radical (unpaired) electrons. The first-order valence-electron chi connectivity index (χ1n) is 8.56. The van der Waals surface area contributed by atoms with Gasteiger partial charge in [0.25, 0.3) is 0 Å². The summed E-state index contributed by atoms with van der Waals surface area (Å²) in [4.78, 5) is 3.09. The molecule has 1 aromatic carbocycles. The molecule has 5 heteroatoms. The topological polar surface area (TPSA) is 41.6 Å². The van der Waals surface area contributed by atoms with E-state index in [0.29, 0.717) is 36.2 Å². The number of hydrogen-bond acceptors (Lipinski definition) is 2. The van der Waals surface area contributed by atoms with Crippen molar-refractivity contribution in [3.63, 3.8) is 0 Å². The molecule has 0 aliphatic heterocycles. The van der Waals surface area contributed by atoms with Crippen LogP contribution >= 0.6 is 0 Å². The number of H-pyrrole nitrogens is 1. The van der Waals surface area contributed by atoms with Gasteiger partial charge in [0, 0.05) is 10.9 Å². The molecule has 0 saturated carbocycles. The number of hydrogen-bond donors (Lipinski definition) is 1. The Balaban J connectivity index is 1.71. The zero-order valence-corrected chi connectivity index (χ0v) is 14.5. The molecule has 0 spiro atoms. The highest BCUT2D eigenvalue weighted by Gasteiger charge is 2.12. The number of nitrogens with one attached hydrogen (secondary N) is 1. The molecule has 0 aliphatic rings. The zero-order chi connectivity index (χ0) is 17.8. The Morgan fingerprint density at radius 1 is 1.12 bits per heavy atom. The Kier molecular flexibility index (Phi) is 5.41. The molecule has 25 heavy (non-hydrogen) atoms. The molecule has 2 heterocycles. The number of fused-ring (bicyclic) bond motifs is 1. The van der Waals surface area contributed by atoms with E-state index in [9.17, 15) is 8.78 Å². The maximum Gasteiger partial charge on any atom is 0.160 e. The summed E-state index contributed by atoms with van der Waals surface area (Å²) in [5.74, 6) is 0.961. The summed E-state index contributed by atoms with van der Waals surface area (Å²) in [6.45, 7) is 4.04. The van der Waals surface area contributed by atoms with Gasteiger partial charge in [-0.2, -0.15) is 5.10 Å². The van der Waals surface area contributed by atoms with Crippen LogP contribution in [0.4, 0.5) is 8.78 Å².